The second-order valence-electron chi connectivity index (χ2n) is 3.97. The molecule has 2 heterocycles. The number of hydrogen-bond acceptors (Lipinski definition) is 3. The van der Waals surface area contributed by atoms with Gasteiger partial charge >= 0.3 is 0 Å². The van der Waals surface area contributed by atoms with Crippen molar-refractivity contribution in [1.82, 2.24) is 10.3 Å². The summed E-state index contributed by atoms with van der Waals surface area (Å²) in [6, 6.07) is 3.77. The van der Waals surface area contributed by atoms with E-state index in [4.69, 9.17) is 11.6 Å². The van der Waals surface area contributed by atoms with Crippen molar-refractivity contribution in [2.75, 3.05) is 31.6 Å². The van der Waals surface area contributed by atoms with Crippen molar-refractivity contribution in [3.63, 3.8) is 0 Å². The van der Waals surface area contributed by atoms with Gasteiger partial charge in [0.15, 0.2) is 0 Å². The van der Waals surface area contributed by atoms with Crippen molar-refractivity contribution in [1.29, 1.82) is 0 Å². The molecule has 4 heteroatoms. The fraction of sp³-hybridized carbons (Fsp3) is 0.545. The Kier molecular flexibility index (Phi) is 3.44. The van der Waals surface area contributed by atoms with E-state index in [1.54, 1.807) is 6.20 Å². The molecule has 1 fully saturated rings. The number of aromatic nitrogens is 1. The Morgan fingerprint density at radius 3 is 3.27 bits per heavy atom. The summed E-state index contributed by atoms with van der Waals surface area (Å²) >= 11 is 6.11. The van der Waals surface area contributed by atoms with Crippen LogP contribution in [-0.4, -0.2) is 31.7 Å². The summed E-state index contributed by atoms with van der Waals surface area (Å²) in [5.41, 5.74) is 0. The largest absolute Gasteiger partial charge is 0.355 e. The van der Waals surface area contributed by atoms with Gasteiger partial charge in [-0.3, -0.25) is 0 Å². The number of nitrogens with one attached hydrogen (secondary N) is 1. The first-order valence-corrected chi connectivity index (χ1v) is 5.69. The maximum Gasteiger partial charge on any atom is 0.147 e. The van der Waals surface area contributed by atoms with Gasteiger partial charge < -0.3 is 10.2 Å². The number of anilines is 1. The molecule has 3 nitrogen and oxygen atoms in total. The number of nitrogens with zero attached hydrogens (tertiary/aromatic N) is 2. The number of halogens is 1. The molecular formula is C11H16ClN3. The lowest BCUT2D eigenvalue weighted by Gasteiger charge is -2.18. The molecule has 1 atom stereocenters. The molecule has 0 aliphatic carbocycles. The van der Waals surface area contributed by atoms with Crippen LogP contribution < -0.4 is 10.2 Å². The summed E-state index contributed by atoms with van der Waals surface area (Å²) in [5, 5.41) is 3.97. The lowest BCUT2D eigenvalue weighted by Crippen LogP contribution is -2.25. The normalized spacial score (nSPS) is 20.9. The molecule has 1 aromatic heterocycles. The molecule has 15 heavy (non-hydrogen) atoms. The highest BCUT2D eigenvalue weighted by atomic mass is 35.5. The summed E-state index contributed by atoms with van der Waals surface area (Å²) in [7, 11) is 2.00. The molecule has 2 rings (SSSR count). The molecular weight excluding hydrogens is 210 g/mol. The van der Waals surface area contributed by atoms with Gasteiger partial charge in [-0.05, 0) is 38.1 Å². The van der Waals surface area contributed by atoms with Crippen molar-refractivity contribution < 1.29 is 0 Å². The molecule has 1 unspecified atom stereocenters. The van der Waals surface area contributed by atoms with Crippen LogP contribution in [0.3, 0.4) is 0 Å². The van der Waals surface area contributed by atoms with E-state index in [9.17, 15) is 0 Å². The van der Waals surface area contributed by atoms with Crippen LogP contribution in [0.4, 0.5) is 5.82 Å². The van der Waals surface area contributed by atoms with E-state index in [2.05, 4.69) is 15.2 Å². The average molecular weight is 226 g/mol. The first kappa shape index (κ1) is 10.7. The van der Waals surface area contributed by atoms with Crippen LogP contribution in [0.5, 0.6) is 0 Å². The van der Waals surface area contributed by atoms with E-state index in [-0.39, 0.29) is 0 Å². The van der Waals surface area contributed by atoms with Gasteiger partial charge in [0.25, 0.3) is 0 Å². The van der Waals surface area contributed by atoms with E-state index < -0.39 is 0 Å². The highest BCUT2D eigenvalue weighted by molar-refractivity contribution is 6.32. The first-order valence-electron chi connectivity index (χ1n) is 5.31. The van der Waals surface area contributed by atoms with Gasteiger partial charge in [-0.15, -0.1) is 0 Å². The van der Waals surface area contributed by atoms with Crippen LogP contribution in [0.25, 0.3) is 0 Å². The Labute approximate surface area is 95.4 Å². The molecule has 1 aliphatic rings. The van der Waals surface area contributed by atoms with E-state index >= 15 is 0 Å². The van der Waals surface area contributed by atoms with Crippen molar-refractivity contribution in [3.8, 4) is 0 Å². The second kappa shape index (κ2) is 4.81. The van der Waals surface area contributed by atoms with Crippen LogP contribution in [-0.2, 0) is 0 Å². The van der Waals surface area contributed by atoms with Crippen LogP contribution >= 0.6 is 11.6 Å². The van der Waals surface area contributed by atoms with Gasteiger partial charge in [-0.2, -0.15) is 0 Å². The third-order valence-electron chi connectivity index (χ3n) is 2.82. The van der Waals surface area contributed by atoms with Crippen molar-refractivity contribution in [3.05, 3.63) is 23.4 Å². The Morgan fingerprint density at radius 2 is 2.53 bits per heavy atom. The first-order chi connectivity index (χ1) is 7.31. The van der Waals surface area contributed by atoms with Gasteiger partial charge in [0.1, 0.15) is 5.82 Å². The summed E-state index contributed by atoms with van der Waals surface area (Å²) in [5.74, 6) is 1.64. The standard InChI is InChI=1S/C11H16ClN3/c1-13-7-9-4-6-15(8-9)11-10(12)3-2-5-14-11/h2-3,5,9,13H,4,6-8H2,1H3. The zero-order chi connectivity index (χ0) is 10.7. The fourth-order valence-electron chi connectivity index (χ4n) is 2.09. The molecule has 1 N–H and O–H groups in total. The van der Waals surface area contributed by atoms with E-state index in [1.807, 2.05) is 19.2 Å². The molecule has 0 aromatic carbocycles. The lowest BCUT2D eigenvalue weighted by molar-refractivity contribution is 0.549. The maximum atomic E-state index is 6.11. The summed E-state index contributed by atoms with van der Waals surface area (Å²) in [6.45, 7) is 3.18. The van der Waals surface area contributed by atoms with Crippen LogP contribution in [0.1, 0.15) is 6.42 Å². The lowest BCUT2D eigenvalue weighted by atomic mass is 10.1. The third-order valence-corrected chi connectivity index (χ3v) is 3.11. The van der Waals surface area contributed by atoms with Gasteiger partial charge in [-0.25, -0.2) is 4.98 Å². The molecule has 0 spiro atoms. The summed E-state index contributed by atoms with van der Waals surface area (Å²) in [4.78, 5) is 6.60. The fourth-order valence-corrected chi connectivity index (χ4v) is 2.33. The van der Waals surface area contributed by atoms with Crippen molar-refractivity contribution in [2.45, 2.75) is 6.42 Å². The zero-order valence-corrected chi connectivity index (χ0v) is 9.67. The Morgan fingerprint density at radius 1 is 1.67 bits per heavy atom. The summed E-state index contributed by atoms with van der Waals surface area (Å²) < 4.78 is 0. The highest BCUT2D eigenvalue weighted by Gasteiger charge is 2.23. The molecule has 0 saturated carbocycles. The second-order valence-corrected chi connectivity index (χ2v) is 4.37. The Hall–Kier alpha value is -0.800. The van der Waals surface area contributed by atoms with Gasteiger partial charge in [0.2, 0.25) is 0 Å². The van der Waals surface area contributed by atoms with Crippen LogP contribution in [0.15, 0.2) is 18.3 Å². The Balaban J connectivity index is 2.04. The van der Waals surface area contributed by atoms with Crippen molar-refractivity contribution >= 4 is 17.4 Å². The number of rotatable bonds is 3. The molecule has 1 aromatic rings. The quantitative estimate of drug-likeness (QED) is 0.850. The topological polar surface area (TPSA) is 28.2 Å². The molecule has 0 bridgehead atoms. The minimum atomic E-state index is 0.716. The molecule has 82 valence electrons. The van der Waals surface area contributed by atoms with Crippen LogP contribution in [0.2, 0.25) is 5.02 Å². The average Bonchev–Trinajstić information content (AvgIpc) is 2.68. The SMILES string of the molecule is CNCC1CCN(c2ncccc2Cl)C1. The van der Waals surface area contributed by atoms with E-state index in [0.717, 1.165) is 30.5 Å². The smallest absolute Gasteiger partial charge is 0.147 e. The highest BCUT2D eigenvalue weighted by Crippen LogP contribution is 2.27. The maximum absolute atomic E-state index is 6.11. The number of hydrogen-bond donors (Lipinski definition) is 1. The van der Waals surface area contributed by atoms with Gasteiger partial charge in [0, 0.05) is 19.3 Å². The third kappa shape index (κ3) is 2.41. The molecule has 0 radical (unpaired) electrons. The minimum absolute atomic E-state index is 0.716. The minimum Gasteiger partial charge on any atom is -0.355 e. The number of pyridine rings is 1. The zero-order valence-electron chi connectivity index (χ0n) is 8.91. The molecule has 0 amide bonds. The van der Waals surface area contributed by atoms with Crippen LogP contribution in [0, 0.1) is 5.92 Å². The predicted molar refractivity (Wildman–Crippen MR) is 63.5 cm³/mol. The van der Waals surface area contributed by atoms with Gasteiger partial charge in [0.05, 0.1) is 5.02 Å². The van der Waals surface area contributed by atoms with Gasteiger partial charge in [-0.1, -0.05) is 11.6 Å². The van der Waals surface area contributed by atoms with E-state index in [1.165, 1.54) is 6.42 Å². The monoisotopic (exact) mass is 225 g/mol. The van der Waals surface area contributed by atoms with Crippen molar-refractivity contribution in [2.24, 2.45) is 5.92 Å². The molecule has 1 aliphatic heterocycles. The Bertz CT molecular complexity index is 329. The molecule has 1 saturated heterocycles. The predicted octanol–water partition coefficient (Wildman–Crippen LogP) is 1.78. The summed E-state index contributed by atoms with van der Waals surface area (Å²) in [6.07, 6.45) is 3.01. The van der Waals surface area contributed by atoms with E-state index in [0.29, 0.717) is 5.92 Å².